The zero-order valence-corrected chi connectivity index (χ0v) is 17.0. The molecule has 1 saturated heterocycles. The average molecular weight is 426 g/mol. The number of carbonyl (C=O) groups is 2. The van der Waals surface area contributed by atoms with Crippen molar-refractivity contribution in [3.8, 4) is 10.4 Å². The fraction of sp³-hybridized carbons (Fsp3) is 0.217. The lowest BCUT2D eigenvalue weighted by Gasteiger charge is -2.22. The second-order valence-corrected chi connectivity index (χ2v) is 8.15. The van der Waals surface area contributed by atoms with Crippen LogP contribution in [0.3, 0.4) is 0 Å². The van der Waals surface area contributed by atoms with Crippen LogP contribution in [0, 0.1) is 11.6 Å². The average Bonchev–Trinajstić information content (AvgIpc) is 3.11. The van der Waals surface area contributed by atoms with E-state index in [9.17, 15) is 18.4 Å². The van der Waals surface area contributed by atoms with Gasteiger partial charge in [0.15, 0.2) is 0 Å². The number of carbonyl (C=O) groups excluding carboxylic acids is 2. The molecule has 2 heterocycles. The molecule has 1 aliphatic rings. The van der Waals surface area contributed by atoms with Crippen LogP contribution in [-0.2, 0) is 0 Å². The Kier molecular flexibility index (Phi) is 5.90. The summed E-state index contributed by atoms with van der Waals surface area (Å²) >= 11 is 1.25. The minimum Gasteiger partial charge on any atom is -0.337 e. The molecule has 0 atom stereocenters. The van der Waals surface area contributed by atoms with Crippen LogP contribution < -0.4 is 0 Å². The fourth-order valence-electron chi connectivity index (χ4n) is 3.54. The largest absolute Gasteiger partial charge is 0.337 e. The smallest absolute Gasteiger partial charge is 0.264 e. The lowest BCUT2D eigenvalue weighted by Crippen LogP contribution is -2.37. The third kappa shape index (κ3) is 4.11. The van der Waals surface area contributed by atoms with E-state index >= 15 is 0 Å². The Morgan fingerprint density at radius 1 is 0.733 bits per heavy atom. The van der Waals surface area contributed by atoms with Gasteiger partial charge in [-0.1, -0.05) is 30.3 Å². The third-order valence-corrected chi connectivity index (χ3v) is 6.24. The van der Waals surface area contributed by atoms with E-state index in [0.717, 1.165) is 0 Å². The van der Waals surface area contributed by atoms with Gasteiger partial charge in [0, 0.05) is 36.6 Å². The maximum absolute atomic E-state index is 14.0. The molecule has 1 aliphatic heterocycles. The molecule has 0 radical (unpaired) electrons. The van der Waals surface area contributed by atoms with Gasteiger partial charge in [0.1, 0.15) is 11.6 Å². The highest BCUT2D eigenvalue weighted by Crippen LogP contribution is 2.30. The normalized spacial score (nSPS) is 14.5. The summed E-state index contributed by atoms with van der Waals surface area (Å²) in [5.74, 6) is -1.36. The van der Waals surface area contributed by atoms with E-state index in [1.807, 2.05) is 0 Å². The van der Waals surface area contributed by atoms with Crippen LogP contribution in [0.1, 0.15) is 26.5 Å². The van der Waals surface area contributed by atoms with Crippen molar-refractivity contribution in [1.82, 2.24) is 9.80 Å². The molecule has 4 nitrogen and oxygen atoms in total. The molecule has 7 heteroatoms. The number of nitrogens with zero attached hydrogens (tertiary/aromatic N) is 2. The molecule has 3 aromatic rings. The molecule has 0 N–H and O–H groups in total. The summed E-state index contributed by atoms with van der Waals surface area (Å²) < 4.78 is 28.0. The topological polar surface area (TPSA) is 40.6 Å². The lowest BCUT2D eigenvalue weighted by atomic mass is 10.2. The zero-order valence-electron chi connectivity index (χ0n) is 16.2. The number of rotatable bonds is 3. The summed E-state index contributed by atoms with van der Waals surface area (Å²) in [4.78, 5) is 30.1. The van der Waals surface area contributed by atoms with E-state index in [0.29, 0.717) is 47.9 Å². The molecule has 0 bridgehead atoms. The highest BCUT2D eigenvalue weighted by molar-refractivity contribution is 7.17. The highest BCUT2D eigenvalue weighted by Gasteiger charge is 2.25. The van der Waals surface area contributed by atoms with E-state index in [2.05, 4.69) is 0 Å². The number of benzene rings is 2. The van der Waals surface area contributed by atoms with Gasteiger partial charge < -0.3 is 9.80 Å². The Labute approximate surface area is 177 Å². The van der Waals surface area contributed by atoms with Gasteiger partial charge >= 0.3 is 0 Å². The van der Waals surface area contributed by atoms with Crippen LogP contribution >= 0.6 is 11.3 Å². The van der Waals surface area contributed by atoms with Crippen molar-refractivity contribution in [3.05, 3.63) is 82.7 Å². The van der Waals surface area contributed by atoms with Crippen molar-refractivity contribution in [2.75, 3.05) is 26.2 Å². The van der Waals surface area contributed by atoms with Gasteiger partial charge in [-0.2, -0.15) is 0 Å². The summed E-state index contributed by atoms with van der Waals surface area (Å²) in [6, 6.07) is 15.9. The maximum Gasteiger partial charge on any atom is 0.264 e. The van der Waals surface area contributed by atoms with Crippen LogP contribution in [0.5, 0.6) is 0 Å². The Hall–Kier alpha value is -3.06. The first-order valence-electron chi connectivity index (χ1n) is 9.72. The molecule has 0 spiro atoms. The molecule has 2 aromatic carbocycles. The van der Waals surface area contributed by atoms with Gasteiger partial charge in [0.25, 0.3) is 11.8 Å². The number of thiophene rings is 1. The van der Waals surface area contributed by atoms with Gasteiger partial charge in [-0.3, -0.25) is 9.59 Å². The van der Waals surface area contributed by atoms with Gasteiger partial charge in [0.05, 0.1) is 10.4 Å². The minimum absolute atomic E-state index is 0.0464. The molecular weight excluding hydrogens is 406 g/mol. The van der Waals surface area contributed by atoms with Crippen molar-refractivity contribution in [2.45, 2.75) is 6.42 Å². The summed E-state index contributed by atoms with van der Waals surface area (Å²) in [6.45, 7) is 1.67. The minimum atomic E-state index is -0.543. The summed E-state index contributed by atoms with van der Waals surface area (Å²) in [6.07, 6.45) is 0.609. The van der Waals surface area contributed by atoms with Crippen LogP contribution in [0.15, 0.2) is 60.7 Å². The second kappa shape index (κ2) is 8.75. The third-order valence-electron chi connectivity index (χ3n) is 5.13. The maximum atomic E-state index is 14.0. The van der Waals surface area contributed by atoms with Crippen LogP contribution in [0.25, 0.3) is 10.4 Å². The van der Waals surface area contributed by atoms with Crippen molar-refractivity contribution in [1.29, 1.82) is 0 Å². The second-order valence-electron chi connectivity index (χ2n) is 7.06. The van der Waals surface area contributed by atoms with Gasteiger partial charge in [-0.05, 0) is 36.8 Å². The molecule has 4 rings (SSSR count). The van der Waals surface area contributed by atoms with E-state index in [1.165, 1.54) is 29.5 Å². The Bertz CT molecular complexity index is 1080. The predicted molar refractivity (Wildman–Crippen MR) is 113 cm³/mol. The Balaban J connectivity index is 1.45. The zero-order chi connectivity index (χ0) is 21.1. The molecule has 0 saturated carbocycles. The van der Waals surface area contributed by atoms with Crippen LogP contribution in [0.4, 0.5) is 8.78 Å². The number of halogens is 2. The predicted octanol–water partition coefficient (Wildman–Crippen LogP) is 4.68. The Morgan fingerprint density at radius 2 is 1.37 bits per heavy atom. The highest BCUT2D eigenvalue weighted by atomic mass is 32.1. The van der Waals surface area contributed by atoms with Gasteiger partial charge in [-0.25, -0.2) is 8.78 Å². The SMILES string of the molecule is O=C(c1ccc(-c2ccccc2F)s1)N1CCCN(C(=O)c2ccccc2F)CC1. The molecule has 0 unspecified atom stereocenters. The van der Waals surface area contributed by atoms with Gasteiger partial charge in [-0.15, -0.1) is 11.3 Å². The summed E-state index contributed by atoms with van der Waals surface area (Å²) in [7, 11) is 0. The molecule has 1 aromatic heterocycles. The molecule has 0 aliphatic carbocycles. The first-order chi connectivity index (χ1) is 14.5. The number of hydrogen-bond acceptors (Lipinski definition) is 3. The quantitative estimate of drug-likeness (QED) is 0.610. The van der Waals surface area contributed by atoms with E-state index in [4.69, 9.17) is 0 Å². The van der Waals surface area contributed by atoms with E-state index < -0.39 is 5.82 Å². The van der Waals surface area contributed by atoms with Crippen LogP contribution in [-0.4, -0.2) is 47.8 Å². The number of hydrogen-bond donors (Lipinski definition) is 0. The summed E-state index contributed by atoms with van der Waals surface area (Å²) in [5.41, 5.74) is 0.518. The number of amides is 2. The van der Waals surface area contributed by atoms with E-state index in [-0.39, 0.29) is 23.2 Å². The monoisotopic (exact) mass is 426 g/mol. The van der Waals surface area contributed by atoms with Crippen molar-refractivity contribution in [3.63, 3.8) is 0 Å². The molecule has 1 fully saturated rings. The molecule has 2 amide bonds. The van der Waals surface area contributed by atoms with Crippen LogP contribution in [0.2, 0.25) is 0 Å². The molecular formula is C23H20F2N2O2S. The lowest BCUT2D eigenvalue weighted by molar-refractivity contribution is 0.0718. The van der Waals surface area contributed by atoms with Crippen molar-refractivity contribution < 1.29 is 18.4 Å². The van der Waals surface area contributed by atoms with E-state index in [1.54, 1.807) is 52.3 Å². The van der Waals surface area contributed by atoms with Crippen molar-refractivity contribution in [2.24, 2.45) is 0 Å². The van der Waals surface area contributed by atoms with Crippen molar-refractivity contribution >= 4 is 23.2 Å². The first-order valence-corrected chi connectivity index (χ1v) is 10.5. The summed E-state index contributed by atoms with van der Waals surface area (Å²) in [5, 5.41) is 0. The molecule has 154 valence electrons. The molecule has 30 heavy (non-hydrogen) atoms. The standard InChI is InChI=1S/C23H20F2N2O2S/c24-18-8-3-1-6-16(18)20-10-11-21(30-20)23(29)27-13-5-12-26(14-15-27)22(28)17-7-2-4-9-19(17)25/h1-4,6-11H,5,12-15H2. The Morgan fingerprint density at radius 3 is 2.07 bits per heavy atom. The fourth-order valence-corrected chi connectivity index (χ4v) is 4.54. The van der Waals surface area contributed by atoms with Gasteiger partial charge in [0.2, 0.25) is 0 Å². The first kappa shape index (κ1) is 20.2.